The van der Waals surface area contributed by atoms with Crippen molar-refractivity contribution in [2.75, 3.05) is 19.7 Å². The van der Waals surface area contributed by atoms with Gasteiger partial charge in [0.2, 0.25) is 5.91 Å². The predicted molar refractivity (Wildman–Crippen MR) is 50.3 cm³/mol. The van der Waals surface area contributed by atoms with Crippen molar-refractivity contribution in [2.45, 2.75) is 25.8 Å². The van der Waals surface area contributed by atoms with E-state index in [0.717, 1.165) is 12.8 Å². The zero-order chi connectivity index (χ0) is 9.68. The maximum absolute atomic E-state index is 11.1. The molecule has 0 aliphatic heterocycles. The van der Waals surface area contributed by atoms with Crippen LogP contribution in [0.5, 0.6) is 0 Å². The maximum Gasteiger partial charge on any atom is 0.234 e. The molecule has 1 unspecified atom stereocenters. The number of aliphatic hydroxyl groups excluding tert-OH is 1. The molecule has 0 spiro atoms. The minimum atomic E-state index is 0.0626. The number of rotatable bonds is 6. The van der Waals surface area contributed by atoms with E-state index in [0.29, 0.717) is 19.1 Å². The smallest absolute Gasteiger partial charge is 0.234 e. The summed E-state index contributed by atoms with van der Waals surface area (Å²) in [5.41, 5.74) is 0. The van der Waals surface area contributed by atoms with Gasteiger partial charge in [0.15, 0.2) is 0 Å². The minimum Gasteiger partial charge on any atom is -0.396 e. The third-order valence-electron chi connectivity index (χ3n) is 2.03. The van der Waals surface area contributed by atoms with Gasteiger partial charge in [-0.05, 0) is 18.8 Å². The van der Waals surface area contributed by atoms with Gasteiger partial charge < -0.3 is 15.7 Å². The normalized spacial score (nSPS) is 18.3. The summed E-state index contributed by atoms with van der Waals surface area (Å²) in [6.07, 6.45) is 2.25. The molecule has 0 radical (unpaired) electrons. The SMILES string of the molecule is CC(CO)CNCC(=O)NC1CC1. The van der Waals surface area contributed by atoms with Gasteiger partial charge in [0, 0.05) is 19.2 Å². The Labute approximate surface area is 78.7 Å². The molecule has 1 fully saturated rings. The average Bonchev–Trinajstić information content (AvgIpc) is 2.88. The van der Waals surface area contributed by atoms with Crippen molar-refractivity contribution in [2.24, 2.45) is 5.92 Å². The van der Waals surface area contributed by atoms with Crippen molar-refractivity contribution in [3.8, 4) is 0 Å². The highest BCUT2D eigenvalue weighted by molar-refractivity contribution is 5.78. The van der Waals surface area contributed by atoms with Crippen molar-refractivity contribution in [3.05, 3.63) is 0 Å². The number of carbonyl (C=O) groups excluding carboxylic acids is 1. The van der Waals surface area contributed by atoms with E-state index in [4.69, 9.17) is 5.11 Å². The first kappa shape index (κ1) is 10.5. The molecule has 0 bridgehead atoms. The number of amides is 1. The van der Waals surface area contributed by atoms with E-state index in [-0.39, 0.29) is 18.4 Å². The first-order chi connectivity index (χ1) is 6.22. The van der Waals surface area contributed by atoms with Crippen LogP contribution in [0.3, 0.4) is 0 Å². The van der Waals surface area contributed by atoms with Gasteiger partial charge in [-0.1, -0.05) is 6.92 Å². The molecule has 0 aromatic rings. The maximum atomic E-state index is 11.1. The Kier molecular flexibility index (Phi) is 4.18. The van der Waals surface area contributed by atoms with Crippen LogP contribution in [-0.4, -0.2) is 36.8 Å². The van der Waals surface area contributed by atoms with Crippen LogP contribution >= 0.6 is 0 Å². The quantitative estimate of drug-likeness (QED) is 0.523. The van der Waals surface area contributed by atoms with Crippen LogP contribution in [0.25, 0.3) is 0 Å². The Bertz CT molecular complexity index is 169. The lowest BCUT2D eigenvalue weighted by Crippen LogP contribution is -2.37. The second-order valence-corrected chi connectivity index (χ2v) is 3.76. The first-order valence-corrected chi connectivity index (χ1v) is 4.83. The molecule has 3 N–H and O–H groups in total. The summed E-state index contributed by atoms with van der Waals surface area (Å²) in [4.78, 5) is 11.1. The Morgan fingerprint density at radius 3 is 2.85 bits per heavy atom. The topological polar surface area (TPSA) is 61.4 Å². The molecule has 1 aliphatic rings. The van der Waals surface area contributed by atoms with Crippen molar-refractivity contribution in [1.29, 1.82) is 0 Å². The summed E-state index contributed by atoms with van der Waals surface area (Å²) in [6.45, 7) is 3.15. The van der Waals surface area contributed by atoms with Crippen molar-refractivity contribution in [1.82, 2.24) is 10.6 Å². The highest BCUT2D eigenvalue weighted by Crippen LogP contribution is 2.18. The van der Waals surface area contributed by atoms with Gasteiger partial charge in [0.05, 0.1) is 6.54 Å². The number of carbonyl (C=O) groups is 1. The number of hydrogen-bond acceptors (Lipinski definition) is 3. The standard InChI is InChI=1S/C9H18N2O2/c1-7(6-12)4-10-5-9(13)11-8-2-3-8/h7-8,10,12H,2-6H2,1H3,(H,11,13). The third-order valence-corrected chi connectivity index (χ3v) is 2.03. The minimum absolute atomic E-state index is 0.0626. The largest absolute Gasteiger partial charge is 0.396 e. The molecule has 4 nitrogen and oxygen atoms in total. The Morgan fingerprint density at radius 2 is 2.31 bits per heavy atom. The lowest BCUT2D eigenvalue weighted by molar-refractivity contribution is -0.120. The molecule has 1 aliphatic carbocycles. The van der Waals surface area contributed by atoms with Crippen LogP contribution in [0.2, 0.25) is 0 Å². The second-order valence-electron chi connectivity index (χ2n) is 3.76. The van der Waals surface area contributed by atoms with Crippen molar-refractivity contribution < 1.29 is 9.90 Å². The van der Waals surface area contributed by atoms with Crippen LogP contribution in [0.15, 0.2) is 0 Å². The molecule has 0 saturated heterocycles. The van der Waals surface area contributed by atoms with Gasteiger partial charge in [-0.25, -0.2) is 0 Å². The van der Waals surface area contributed by atoms with E-state index in [1.807, 2.05) is 6.92 Å². The summed E-state index contributed by atoms with van der Waals surface area (Å²) in [7, 11) is 0. The van der Waals surface area contributed by atoms with E-state index in [1.54, 1.807) is 0 Å². The zero-order valence-electron chi connectivity index (χ0n) is 8.05. The molecule has 76 valence electrons. The summed E-state index contributed by atoms with van der Waals surface area (Å²) in [6, 6.07) is 0.435. The van der Waals surface area contributed by atoms with E-state index >= 15 is 0 Å². The predicted octanol–water partition coefficient (Wildman–Crippen LogP) is -0.517. The molecule has 4 heteroatoms. The van der Waals surface area contributed by atoms with Crippen LogP contribution in [-0.2, 0) is 4.79 Å². The monoisotopic (exact) mass is 186 g/mol. The van der Waals surface area contributed by atoms with Crippen molar-refractivity contribution >= 4 is 5.91 Å². The molecule has 1 saturated carbocycles. The summed E-state index contributed by atoms with van der Waals surface area (Å²) < 4.78 is 0. The van der Waals surface area contributed by atoms with Gasteiger partial charge in [-0.2, -0.15) is 0 Å². The average molecular weight is 186 g/mol. The lowest BCUT2D eigenvalue weighted by Gasteiger charge is -2.09. The molecule has 0 heterocycles. The zero-order valence-corrected chi connectivity index (χ0v) is 8.05. The molecule has 1 amide bonds. The molecular weight excluding hydrogens is 168 g/mol. The Balaban J connectivity index is 1.94. The fourth-order valence-electron chi connectivity index (χ4n) is 1.00. The molecule has 0 aromatic carbocycles. The lowest BCUT2D eigenvalue weighted by atomic mass is 10.2. The van der Waals surface area contributed by atoms with E-state index in [1.165, 1.54) is 0 Å². The molecule has 13 heavy (non-hydrogen) atoms. The van der Waals surface area contributed by atoms with Gasteiger partial charge in [0.1, 0.15) is 0 Å². The second kappa shape index (κ2) is 5.19. The van der Waals surface area contributed by atoms with Crippen LogP contribution in [0.1, 0.15) is 19.8 Å². The first-order valence-electron chi connectivity index (χ1n) is 4.83. The van der Waals surface area contributed by atoms with E-state index in [2.05, 4.69) is 10.6 Å². The van der Waals surface area contributed by atoms with Gasteiger partial charge in [0.25, 0.3) is 0 Å². The van der Waals surface area contributed by atoms with Gasteiger partial charge in [-0.3, -0.25) is 4.79 Å². The van der Waals surface area contributed by atoms with Crippen LogP contribution in [0.4, 0.5) is 0 Å². The van der Waals surface area contributed by atoms with Crippen LogP contribution < -0.4 is 10.6 Å². The summed E-state index contributed by atoms with van der Waals surface area (Å²) >= 11 is 0. The number of aliphatic hydroxyl groups is 1. The van der Waals surface area contributed by atoms with Crippen molar-refractivity contribution in [3.63, 3.8) is 0 Å². The summed E-state index contributed by atoms with van der Waals surface area (Å²) in [5.74, 6) is 0.279. The fraction of sp³-hybridized carbons (Fsp3) is 0.889. The Hall–Kier alpha value is -0.610. The fourth-order valence-corrected chi connectivity index (χ4v) is 1.00. The summed E-state index contributed by atoms with van der Waals surface area (Å²) in [5, 5.41) is 14.6. The molecule has 0 aromatic heterocycles. The Morgan fingerprint density at radius 1 is 1.62 bits per heavy atom. The van der Waals surface area contributed by atoms with Gasteiger partial charge >= 0.3 is 0 Å². The molecule has 1 atom stereocenters. The molecular formula is C9H18N2O2. The number of hydrogen-bond donors (Lipinski definition) is 3. The third kappa shape index (κ3) is 4.85. The highest BCUT2D eigenvalue weighted by Gasteiger charge is 2.22. The van der Waals surface area contributed by atoms with E-state index in [9.17, 15) is 4.79 Å². The van der Waals surface area contributed by atoms with E-state index < -0.39 is 0 Å². The number of nitrogens with one attached hydrogen (secondary N) is 2. The van der Waals surface area contributed by atoms with Gasteiger partial charge in [-0.15, -0.1) is 0 Å². The molecule has 1 rings (SSSR count). The van der Waals surface area contributed by atoms with Crippen LogP contribution in [0, 0.1) is 5.92 Å². The highest BCUT2D eigenvalue weighted by atomic mass is 16.3.